The molecule has 132 valence electrons. The molecule has 2 saturated heterocycles. The molecule has 23 heavy (non-hydrogen) atoms. The number of aromatic nitrogens is 1. The summed E-state index contributed by atoms with van der Waals surface area (Å²) in [5, 5.41) is 2.67. The van der Waals surface area contributed by atoms with Crippen LogP contribution in [-0.2, 0) is 6.54 Å². The fraction of sp³-hybridized carbons (Fsp3) is 0.733. The van der Waals surface area contributed by atoms with Crippen LogP contribution in [0, 0.1) is 0 Å². The van der Waals surface area contributed by atoms with Crippen molar-refractivity contribution in [2.75, 3.05) is 26.2 Å². The highest BCUT2D eigenvalue weighted by molar-refractivity contribution is 7.09. The molecular weight excluding hydrogens is 355 g/mol. The van der Waals surface area contributed by atoms with Crippen molar-refractivity contribution in [2.45, 2.75) is 44.7 Å². The summed E-state index contributed by atoms with van der Waals surface area (Å²) in [5.74, 6) is 0.0723. The van der Waals surface area contributed by atoms with Gasteiger partial charge in [-0.2, -0.15) is 0 Å². The summed E-state index contributed by atoms with van der Waals surface area (Å²) in [6, 6.07) is 0.671. The van der Waals surface area contributed by atoms with Gasteiger partial charge in [0.2, 0.25) is 0 Å². The van der Waals surface area contributed by atoms with Gasteiger partial charge in [-0.05, 0) is 38.8 Å². The molecule has 1 aromatic rings. The van der Waals surface area contributed by atoms with E-state index in [9.17, 15) is 4.79 Å². The van der Waals surface area contributed by atoms with Crippen molar-refractivity contribution in [3.8, 4) is 0 Å². The first-order chi connectivity index (χ1) is 10.3. The quantitative estimate of drug-likeness (QED) is 0.874. The molecule has 0 aliphatic carbocycles. The van der Waals surface area contributed by atoms with Gasteiger partial charge >= 0.3 is 0 Å². The number of likely N-dealkylation sites (tertiary alicyclic amines) is 2. The zero-order valence-corrected chi connectivity index (χ0v) is 15.7. The van der Waals surface area contributed by atoms with Crippen molar-refractivity contribution >= 4 is 42.1 Å². The second-order valence-electron chi connectivity index (χ2n) is 5.95. The maximum Gasteiger partial charge on any atom is 0.273 e. The van der Waals surface area contributed by atoms with E-state index in [1.54, 1.807) is 0 Å². The van der Waals surface area contributed by atoms with Crippen molar-refractivity contribution in [2.24, 2.45) is 5.73 Å². The van der Waals surface area contributed by atoms with Crippen molar-refractivity contribution < 1.29 is 4.79 Å². The number of nitrogens with zero attached hydrogens (tertiary/aromatic N) is 3. The fourth-order valence-corrected chi connectivity index (χ4v) is 4.03. The highest BCUT2D eigenvalue weighted by Crippen LogP contribution is 2.22. The molecule has 0 atom stereocenters. The minimum atomic E-state index is 0. The van der Waals surface area contributed by atoms with E-state index in [-0.39, 0.29) is 30.7 Å². The number of rotatable bonds is 3. The summed E-state index contributed by atoms with van der Waals surface area (Å²) in [4.78, 5) is 21.3. The highest BCUT2D eigenvalue weighted by atomic mass is 35.5. The van der Waals surface area contributed by atoms with Crippen LogP contribution in [0.15, 0.2) is 5.38 Å². The third-order valence-corrected chi connectivity index (χ3v) is 5.48. The Labute approximate surface area is 154 Å². The molecule has 2 aliphatic rings. The van der Waals surface area contributed by atoms with Gasteiger partial charge in [-0.25, -0.2) is 4.98 Å². The first kappa shape index (κ1) is 20.6. The lowest BCUT2D eigenvalue weighted by Gasteiger charge is -2.40. The molecule has 2 N–H and O–H groups in total. The van der Waals surface area contributed by atoms with E-state index >= 15 is 0 Å². The lowest BCUT2D eigenvalue weighted by atomic mass is 10.00. The van der Waals surface area contributed by atoms with E-state index in [4.69, 9.17) is 5.73 Å². The summed E-state index contributed by atoms with van der Waals surface area (Å²) in [6.45, 7) is 4.61. The Kier molecular flexibility index (Phi) is 8.79. The number of thiazole rings is 1. The van der Waals surface area contributed by atoms with Gasteiger partial charge in [0.15, 0.2) is 0 Å². The van der Waals surface area contributed by atoms with Crippen LogP contribution in [0.2, 0.25) is 0 Å². The van der Waals surface area contributed by atoms with E-state index < -0.39 is 0 Å². The molecular formula is C15H26Cl2N4OS. The summed E-state index contributed by atoms with van der Waals surface area (Å²) < 4.78 is 0. The number of hydrogen-bond donors (Lipinski definition) is 1. The number of nitrogens with two attached hydrogens (primary N) is 1. The number of carbonyl (C=O) groups is 1. The van der Waals surface area contributed by atoms with Gasteiger partial charge in [0, 0.05) is 31.1 Å². The van der Waals surface area contributed by atoms with Crippen LogP contribution < -0.4 is 5.73 Å². The monoisotopic (exact) mass is 380 g/mol. The van der Waals surface area contributed by atoms with Gasteiger partial charge in [-0.1, -0.05) is 6.42 Å². The van der Waals surface area contributed by atoms with Crippen LogP contribution in [0.4, 0.5) is 0 Å². The largest absolute Gasteiger partial charge is 0.337 e. The summed E-state index contributed by atoms with van der Waals surface area (Å²) in [5.41, 5.74) is 6.13. The van der Waals surface area contributed by atoms with Gasteiger partial charge in [-0.15, -0.1) is 36.2 Å². The smallest absolute Gasteiger partial charge is 0.273 e. The van der Waals surface area contributed by atoms with E-state index in [2.05, 4.69) is 9.88 Å². The Morgan fingerprint density at radius 2 is 1.83 bits per heavy atom. The summed E-state index contributed by atoms with van der Waals surface area (Å²) >= 11 is 1.47. The molecule has 5 nitrogen and oxygen atoms in total. The Bertz CT molecular complexity index is 486. The first-order valence-corrected chi connectivity index (χ1v) is 8.83. The number of piperidine rings is 2. The molecule has 0 radical (unpaired) electrons. The van der Waals surface area contributed by atoms with Crippen LogP contribution in [-0.4, -0.2) is 52.9 Å². The lowest BCUT2D eigenvalue weighted by Crippen LogP contribution is -2.48. The predicted octanol–water partition coefficient (Wildman–Crippen LogP) is 2.54. The van der Waals surface area contributed by atoms with Gasteiger partial charge < -0.3 is 15.5 Å². The minimum absolute atomic E-state index is 0. The van der Waals surface area contributed by atoms with E-state index in [0.29, 0.717) is 18.3 Å². The standard InChI is InChI=1S/C15H24N4OS.2ClH/c16-10-14-17-13(11-21-14)15(20)19-8-4-12(5-9-19)18-6-2-1-3-7-18;;/h11-12H,1-10,16H2;2*1H. The predicted molar refractivity (Wildman–Crippen MR) is 98.9 cm³/mol. The van der Waals surface area contributed by atoms with E-state index in [1.807, 2.05) is 10.3 Å². The van der Waals surface area contributed by atoms with Crippen LogP contribution in [0.25, 0.3) is 0 Å². The SMILES string of the molecule is Cl.Cl.NCc1nc(C(=O)N2CCC(N3CCCCC3)CC2)cs1. The van der Waals surface area contributed by atoms with Gasteiger partial charge in [-0.3, -0.25) is 4.79 Å². The Morgan fingerprint density at radius 1 is 1.17 bits per heavy atom. The van der Waals surface area contributed by atoms with Gasteiger partial charge in [0.1, 0.15) is 10.7 Å². The Hall–Kier alpha value is -0.400. The Morgan fingerprint density at radius 3 is 2.39 bits per heavy atom. The first-order valence-electron chi connectivity index (χ1n) is 7.95. The second kappa shape index (κ2) is 9.79. The van der Waals surface area contributed by atoms with Crippen molar-refractivity contribution in [3.63, 3.8) is 0 Å². The molecule has 2 fully saturated rings. The molecule has 2 aliphatic heterocycles. The molecule has 1 aromatic heterocycles. The van der Waals surface area contributed by atoms with Crippen molar-refractivity contribution in [1.29, 1.82) is 0 Å². The zero-order valence-electron chi connectivity index (χ0n) is 13.3. The molecule has 0 aromatic carbocycles. The summed E-state index contributed by atoms with van der Waals surface area (Å²) in [7, 11) is 0. The number of halogens is 2. The van der Waals surface area contributed by atoms with Crippen LogP contribution in [0.5, 0.6) is 0 Å². The molecule has 3 rings (SSSR count). The van der Waals surface area contributed by atoms with Crippen LogP contribution in [0.3, 0.4) is 0 Å². The molecule has 0 saturated carbocycles. The average molecular weight is 381 g/mol. The maximum absolute atomic E-state index is 12.4. The Balaban J connectivity index is 0.00000132. The third kappa shape index (κ3) is 5.03. The fourth-order valence-electron chi connectivity index (χ4n) is 3.38. The number of amides is 1. The van der Waals surface area contributed by atoms with Crippen molar-refractivity contribution in [1.82, 2.24) is 14.8 Å². The van der Waals surface area contributed by atoms with E-state index in [1.165, 1.54) is 43.7 Å². The van der Waals surface area contributed by atoms with E-state index in [0.717, 1.165) is 30.9 Å². The highest BCUT2D eigenvalue weighted by Gasteiger charge is 2.28. The molecule has 3 heterocycles. The topological polar surface area (TPSA) is 62.5 Å². The van der Waals surface area contributed by atoms with Gasteiger partial charge in [0.05, 0.1) is 0 Å². The third-order valence-electron chi connectivity index (χ3n) is 4.60. The average Bonchev–Trinajstić information content (AvgIpc) is 3.04. The van der Waals surface area contributed by atoms with Crippen LogP contribution in [0.1, 0.15) is 47.6 Å². The molecule has 1 amide bonds. The molecule has 8 heteroatoms. The lowest BCUT2D eigenvalue weighted by molar-refractivity contribution is 0.0585. The normalized spacial score (nSPS) is 19.8. The molecule has 0 spiro atoms. The van der Waals surface area contributed by atoms with Gasteiger partial charge in [0.25, 0.3) is 5.91 Å². The molecule has 0 unspecified atom stereocenters. The second-order valence-corrected chi connectivity index (χ2v) is 6.89. The summed E-state index contributed by atoms with van der Waals surface area (Å²) in [6.07, 6.45) is 6.24. The van der Waals surface area contributed by atoms with Crippen LogP contribution >= 0.6 is 36.2 Å². The number of hydrogen-bond acceptors (Lipinski definition) is 5. The number of carbonyl (C=O) groups excluding carboxylic acids is 1. The maximum atomic E-state index is 12.4. The van der Waals surface area contributed by atoms with Crippen molar-refractivity contribution in [3.05, 3.63) is 16.1 Å². The molecule has 0 bridgehead atoms. The zero-order chi connectivity index (χ0) is 14.7. The minimum Gasteiger partial charge on any atom is -0.337 e.